The van der Waals surface area contributed by atoms with E-state index in [-0.39, 0.29) is 31.6 Å². The smallest absolute Gasteiger partial charge is 0.407 e. The van der Waals surface area contributed by atoms with E-state index < -0.39 is 24.5 Å². The van der Waals surface area contributed by atoms with Crippen LogP contribution in [0.15, 0.2) is 0 Å². The van der Waals surface area contributed by atoms with Gasteiger partial charge in [0.05, 0.1) is 19.1 Å². The first-order chi connectivity index (χ1) is 10.2. The molecule has 0 spiro atoms. The molecule has 3 N–H and O–H groups in total. The third-order valence-corrected chi connectivity index (χ3v) is 2.61. The van der Waals surface area contributed by atoms with Gasteiger partial charge in [-0.3, -0.25) is 4.79 Å². The van der Waals surface area contributed by atoms with Gasteiger partial charge in [0, 0.05) is 13.7 Å². The summed E-state index contributed by atoms with van der Waals surface area (Å²) >= 11 is 0. The van der Waals surface area contributed by atoms with Crippen LogP contribution in [0.25, 0.3) is 0 Å². The number of carbonyl (C=O) groups is 2. The van der Waals surface area contributed by atoms with Crippen molar-refractivity contribution in [2.45, 2.75) is 46.0 Å². The molecule has 0 aliphatic carbocycles. The molecule has 8 nitrogen and oxygen atoms in total. The number of carbonyl (C=O) groups excluding carboxylic acids is 1. The van der Waals surface area contributed by atoms with Crippen LogP contribution in [0.3, 0.4) is 0 Å². The topological polar surface area (TPSA) is 114 Å². The Morgan fingerprint density at radius 1 is 1.27 bits per heavy atom. The van der Waals surface area contributed by atoms with E-state index in [1.165, 1.54) is 7.11 Å². The lowest BCUT2D eigenvalue weighted by Crippen LogP contribution is -2.35. The number of carboxylic acid groups (broad SMARTS) is 1. The van der Waals surface area contributed by atoms with Crippen LogP contribution in [-0.4, -0.2) is 61.5 Å². The van der Waals surface area contributed by atoms with Crippen LogP contribution >= 0.6 is 0 Å². The van der Waals surface area contributed by atoms with Crippen LogP contribution in [-0.2, 0) is 19.0 Å². The third kappa shape index (κ3) is 11.3. The van der Waals surface area contributed by atoms with E-state index in [1.807, 2.05) is 20.8 Å². The van der Waals surface area contributed by atoms with Crippen LogP contribution < -0.4 is 5.32 Å². The van der Waals surface area contributed by atoms with Crippen LogP contribution in [0.1, 0.15) is 33.6 Å². The van der Waals surface area contributed by atoms with Gasteiger partial charge in [0.25, 0.3) is 0 Å². The van der Waals surface area contributed by atoms with Gasteiger partial charge in [0.2, 0.25) is 0 Å². The van der Waals surface area contributed by atoms with E-state index in [0.29, 0.717) is 6.42 Å². The summed E-state index contributed by atoms with van der Waals surface area (Å²) in [5.74, 6) is -1.01. The van der Waals surface area contributed by atoms with E-state index in [4.69, 9.17) is 19.3 Å². The van der Waals surface area contributed by atoms with Gasteiger partial charge in [-0.25, -0.2) is 4.79 Å². The monoisotopic (exact) mass is 321 g/mol. The highest BCUT2D eigenvalue weighted by Gasteiger charge is 2.23. The number of alkyl carbamates (subject to hydrolysis) is 1. The molecular weight excluding hydrogens is 294 g/mol. The average Bonchev–Trinajstić information content (AvgIpc) is 2.40. The fourth-order valence-electron chi connectivity index (χ4n) is 1.68. The molecule has 0 aliphatic heterocycles. The number of methoxy groups -OCH3 is 1. The van der Waals surface area contributed by atoms with Crippen LogP contribution in [0.2, 0.25) is 0 Å². The average molecular weight is 321 g/mol. The number of aliphatic carboxylic acids is 1. The predicted octanol–water partition coefficient (Wildman–Crippen LogP) is 0.973. The zero-order valence-electron chi connectivity index (χ0n) is 13.6. The van der Waals surface area contributed by atoms with Gasteiger partial charge in [0.1, 0.15) is 6.61 Å². The molecule has 8 heteroatoms. The highest BCUT2D eigenvalue weighted by Crippen LogP contribution is 2.23. The number of rotatable bonds is 10. The molecule has 22 heavy (non-hydrogen) atoms. The molecule has 0 saturated carbocycles. The number of amides is 1. The lowest BCUT2D eigenvalue weighted by molar-refractivity contribution is -0.187. The first kappa shape index (κ1) is 20.6. The Hall–Kier alpha value is -1.38. The van der Waals surface area contributed by atoms with Crippen LogP contribution in [0.5, 0.6) is 0 Å². The summed E-state index contributed by atoms with van der Waals surface area (Å²) in [6, 6.07) is 0. The summed E-state index contributed by atoms with van der Waals surface area (Å²) in [7, 11) is 1.40. The first-order valence-electron chi connectivity index (χ1n) is 7.09. The Labute approximate surface area is 130 Å². The Morgan fingerprint density at radius 2 is 1.91 bits per heavy atom. The second kappa shape index (κ2) is 10.4. The van der Waals surface area contributed by atoms with Crippen molar-refractivity contribution in [1.29, 1.82) is 0 Å². The molecule has 0 aromatic heterocycles. The number of carboxylic acids is 1. The normalized spacial score (nSPS) is 14.2. The number of hydrogen-bond acceptors (Lipinski definition) is 6. The standard InChI is InChI=1S/C14H27NO7/c1-14(2,3)7-10(8-16)22-12(20-4)9-21-13(19)15-6-5-11(17)18/h10,12,16H,5-9H2,1-4H3,(H,15,19)(H,17,18). The number of ether oxygens (including phenoxy) is 3. The Morgan fingerprint density at radius 3 is 2.36 bits per heavy atom. The summed E-state index contributed by atoms with van der Waals surface area (Å²) < 4.78 is 15.5. The van der Waals surface area contributed by atoms with Gasteiger partial charge < -0.3 is 29.7 Å². The molecule has 0 heterocycles. The zero-order chi connectivity index (χ0) is 17.2. The van der Waals surface area contributed by atoms with Crippen molar-refractivity contribution in [3.05, 3.63) is 0 Å². The second-order valence-corrected chi connectivity index (χ2v) is 6.04. The van der Waals surface area contributed by atoms with Crippen molar-refractivity contribution in [3.8, 4) is 0 Å². The molecule has 130 valence electrons. The van der Waals surface area contributed by atoms with Crippen molar-refractivity contribution in [2.75, 3.05) is 26.9 Å². The van der Waals surface area contributed by atoms with Gasteiger partial charge in [0.15, 0.2) is 6.29 Å². The van der Waals surface area contributed by atoms with Crippen molar-refractivity contribution in [2.24, 2.45) is 5.41 Å². The van der Waals surface area contributed by atoms with Crippen LogP contribution in [0.4, 0.5) is 4.79 Å². The minimum atomic E-state index is -1.01. The first-order valence-corrected chi connectivity index (χ1v) is 7.09. The third-order valence-electron chi connectivity index (χ3n) is 2.61. The highest BCUT2D eigenvalue weighted by molar-refractivity contribution is 5.70. The van der Waals surface area contributed by atoms with E-state index in [2.05, 4.69) is 5.32 Å². The maximum absolute atomic E-state index is 11.3. The molecule has 0 fully saturated rings. The van der Waals surface area contributed by atoms with Gasteiger partial charge in [-0.05, 0) is 11.8 Å². The number of aliphatic hydroxyl groups excluding tert-OH is 1. The minimum Gasteiger partial charge on any atom is -0.481 e. The molecule has 0 rings (SSSR count). The van der Waals surface area contributed by atoms with E-state index in [1.54, 1.807) is 0 Å². The number of aliphatic hydroxyl groups is 1. The number of hydrogen-bond donors (Lipinski definition) is 3. The van der Waals surface area contributed by atoms with Crippen molar-refractivity contribution in [1.82, 2.24) is 5.32 Å². The molecule has 2 unspecified atom stereocenters. The molecule has 2 atom stereocenters. The fourth-order valence-corrected chi connectivity index (χ4v) is 1.68. The SMILES string of the molecule is COC(COC(=O)NCCC(=O)O)OC(CO)CC(C)(C)C. The molecule has 0 radical (unpaired) electrons. The Balaban J connectivity index is 4.13. The Kier molecular flexibility index (Phi) is 9.71. The van der Waals surface area contributed by atoms with Crippen molar-refractivity contribution >= 4 is 12.1 Å². The summed E-state index contributed by atoms with van der Waals surface area (Å²) in [5.41, 5.74) is -0.0270. The quantitative estimate of drug-likeness (QED) is 0.514. The molecule has 0 aliphatic rings. The largest absolute Gasteiger partial charge is 0.481 e. The van der Waals surface area contributed by atoms with Gasteiger partial charge in [-0.15, -0.1) is 0 Å². The van der Waals surface area contributed by atoms with E-state index >= 15 is 0 Å². The van der Waals surface area contributed by atoms with E-state index in [0.717, 1.165) is 0 Å². The zero-order valence-corrected chi connectivity index (χ0v) is 13.6. The predicted molar refractivity (Wildman–Crippen MR) is 78.4 cm³/mol. The highest BCUT2D eigenvalue weighted by atomic mass is 16.7. The second-order valence-electron chi connectivity index (χ2n) is 6.04. The van der Waals surface area contributed by atoms with Gasteiger partial charge in [-0.1, -0.05) is 20.8 Å². The summed E-state index contributed by atoms with van der Waals surface area (Å²) in [6.07, 6.45) is -1.54. The van der Waals surface area contributed by atoms with Crippen LogP contribution in [0, 0.1) is 5.41 Å². The molecule has 1 amide bonds. The summed E-state index contributed by atoms with van der Waals surface area (Å²) in [6.45, 7) is 5.72. The molecule has 0 aromatic carbocycles. The molecule has 0 aromatic rings. The minimum absolute atomic E-state index is 0.0179. The maximum Gasteiger partial charge on any atom is 0.407 e. The maximum atomic E-state index is 11.3. The summed E-state index contributed by atoms with van der Waals surface area (Å²) in [4.78, 5) is 21.6. The molecule has 0 bridgehead atoms. The fraction of sp³-hybridized carbons (Fsp3) is 0.857. The van der Waals surface area contributed by atoms with Crippen molar-refractivity contribution < 1.29 is 34.0 Å². The lowest BCUT2D eigenvalue weighted by Gasteiger charge is -2.27. The molecular formula is C14H27NO7. The van der Waals surface area contributed by atoms with E-state index in [9.17, 15) is 14.7 Å². The number of nitrogens with one attached hydrogen (secondary N) is 1. The van der Waals surface area contributed by atoms with Crippen molar-refractivity contribution in [3.63, 3.8) is 0 Å². The molecule has 0 saturated heterocycles. The lowest BCUT2D eigenvalue weighted by atomic mass is 9.89. The van der Waals surface area contributed by atoms with Gasteiger partial charge >= 0.3 is 12.1 Å². The Bertz CT molecular complexity index is 341. The van der Waals surface area contributed by atoms with Gasteiger partial charge in [-0.2, -0.15) is 0 Å². The summed E-state index contributed by atoms with van der Waals surface area (Å²) in [5, 5.41) is 20.1.